The Labute approximate surface area is 96.3 Å². The predicted octanol–water partition coefficient (Wildman–Crippen LogP) is 1.67. The first-order valence-corrected chi connectivity index (χ1v) is 6.76. The van der Waals surface area contributed by atoms with Crippen LogP contribution in [0.4, 0.5) is 0 Å². The molecule has 0 bridgehead atoms. The van der Waals surface area contributed by atoms with E-state index in [2.05, 4.69) is 5.32 Å². The Morgan fingerprint density at radius 1 is 1.53 bits per heavy atom. The second-order valence-electron chi connectivity index (χ2n) is 4.05. The maximum absolute atomic E-state index is 11.3. The van der Waals surface area contributed by atoms with Crippen LogP contribution in [0.3, 0.4) is 0 Å². The molecule has 1 rings (SSSR count). The van der Waals surface area contributed by atoms with Crippen LogP contribution in [0.25, 0.3) is 0 Å². The molecule has 0 saturated heterocycles. The molecule has 0 aliphatic heterocycles. The Bertz CT molecular complexity index is 193. The van der Waals surface area contributed by atoms with Crippen LogP contribution in [0.2, 0.25) is 0 Å². The third kappa shape index (κ3) is 4.43. The number of hydrogen-bond donors (Lipinski definition) is 1. The Morgan fingerprint density at radius 3 is 2.73 bits per heavy atom. The maximum atomic E-state index is 11.3. The van der Waals surface area contributed by atoms with E-state index in [1.54, 1.807) is 7.05 Å². The molecule has 0 radical (unpaired) electrons. The van der Waals surface area contributed by atoms with Crippen LogP contribution in [-0.2, 0) is 9.53 Å². The summed E-state index contributed by atoms with van der Waals surface area (Å²) in [6, 6.07) is -0.151. The Kier molecular flexibility index (Phi) is 6.10. The predicted molar refractivity (Wildman–Crippen MR) is 64.1 cm³/mol. The molecular formula is C11H21NO2S. The lowest BCUT2D eigenvalue weighted by Crippen LogP contribution is -2.37. The Balaban J connectivity index is 2.13. The molecule has 15 heavy (non-hydrogen) atoms. The highest BCUT2D eigenvalue weighted by Gasteiger charge is 2.19. The zero-order valence-corrected chi connectivity index (χ0v) is 10.4. The number of nitrogens with one attached hydrogen (secondary N) is 1. The number of carbonyl (C=O) groups excluding carboxylic acids is 1. The van der Waals surface area contributed by atoms with Gasteiger partial charge in [-0.1, -0.05) is 12.8 Å². The normalized spacial score (nSPS) is 19.1. The highest BCUT2D eigenvalue weighted by Crippen LogP contribution is 2.27. The van der Waals surface area contributed by atoms with Crippen LogP contribution in [0, 0.1) is 5.92 Å². The number of thioether (sulfide) groups is 1. The van der Waals surface area contributed by atoms with Gasteiger partial charge in [-0.05, 0) is 31.6 Å². The van der Waals surface area contributed by atoms with Crippen molar-refractivity contribution in [2.45, 2.75) is 31.7 Å². The number of ether oxygens (including phenoxy) is 1. The van der Waals surface area contributed by atoms with E-state index in [1.165, 1.54) is 38.5 Å². The van der Waals surface area contributed by atoms with Crippen molar-refractivity contribution in [1.29, 1.82) is 0 Å². The molecule has 1 atom stereocenters. The average molecular weight is 231 g/mol. The quantitative estimate of drug-likeness (QED) is 0.706. The summed E-state index contributed by atoms with van der Waals surface area (Å²) in [5.74, 6) is 2.73. The van der Waals surface area contributed by atoms with Crippen molar-refractivity contribution in [2.24, 2.45) is 5.92 Å². The van der Waals surface area contributed by atoms with Crippen molar-refractivity contribution in [3.8, 4) is 0 Å². The lowest BCUT2D eigenvalue weighted by Gasteiger charge is -2.14. The van der Waals surface area contributed by atoms with Crippen molar-refractivity contribution in [3.63, 3.8) is 0 Å². The van der Waals surface area contributed by atoms with Gasteiger partial charge in [0.05, 0.1) is 7.11 Å². The molecule has 1 aliphatic rings. The van der Waals surface area contributed by atoms with Gasteiger partial charge in [-0.2, -0.15) is 11.8 Å². The number of rotatable bonds is 6. The minimum atomic E-state index is -0.156. The molecule has 1 aliphatic carbocycles. The molecule has 1 unspecified atom stereocenters. The molecule has 4 heteroatoms. The molecule has 1 fully saturated rings. The fourth-order valence-electron chi connectivity index (χ4n) is 1.94. The van der Waals surface area contributed by atoms with Crippen LogP contribution in [0.5, 0.6) is 0 Å². The largest absolute Gasteiger partial charge is 0.468 e. The van der Waals surface area contributed by atoms with Crippen molar-refractivity contribution in [2.75, 3.05) is 25.7 Å². The summed E-state index contributed by atoms with van der Waals surface area (Å²) in [5.41, 5.74) is 0. The van der Waals surface area contributed by atoms with Crippen molar-refractivity contribution in [1.82, 2.24) is 5.32 Å². The second-order valence-corrected chi connectivity index (χ2v) is 5.13. The van der Waals surface area contributed by atoms with E-state index in [9.17, 15) is 4.79 Å². The van der Waals surface area contributed by atoms with Gasteiger partial charge in [0.2, 0.25) is 0 Å². The summed E-state index contributed by atoms with van der Waals surface area (Å²) in [6.45, 7) is 0. The lowest BCUT2D eigenvalue weighted by atomic mass is 10.1. The van der Waals surface area contributed by atoms with Crippen molar-refractivity contribution < 1.29 is 9.53 Å². The van der Waals surface area contributed by atoms with E-state index in [-0.39, 0.29) is 12.0 Å². The van der Waals surface area contributed by atoms with Crippen LogP contribution in [0.15, 0.2) is 0 Å². The van der Waals surface area contributed by atoms with Gasteiger partial charge in [-0.3, -0.25) is 4.79 Å². The van der Waals surface area contributed by atoms with Crippen molar-refractivity contribution >= 4 is 17.7 Å². The number of methoxy groups -OCH3 is 1. The third-order valence-electron chi connectivity index (χ3n) is 2.95. The molecule has 0 spiro atoms. The van der Waals surface area contributed by atoms with Gasteiger partial charge in [-0.15, -0.1) is 0 Å². The molecule has 1 N–H and O–H groups in total. The van der Waals surface area contributed by atoms with E-state index >= 15 is 0 Å². The molecule has 1 saturated carbocycles. The molecule has 0 aromatic rings. The fourth-order valence-corrected chi connectivity index (χ4v) is 3.28. The number of hydrogen-bond acceptors (Lipinski definition) is 4. The van der Waals surface area contributed by atoms with E-state index in [0.717, 1.165) is 11.7 Å². The Hall–Kier alpha value is -0.220. The van der Waals surface area contributed by atoms with Crippen LogP contribution < -0.4 is 5.32 Å². The first-order chi connectivity index (χ1) is 7.27. The van der Waals surface area contributed by atoms with E-state index in [1.807, 2.05) is 11.8 Å². The van der Waals surface area contributed by atoms with E-state index < -0.39 is 0 Å². The maximum Gasteiger partial charge on any atom is 0.323 e. The molecule has 0 amide bonds. The SMILES string of the molecule is CNC(CSCC1CCCC1)C(=O)OC. The second kappa shape index (κ2) is 7.12. The van der Waals surface area contributed by atoms with Crippen LogP contribution in [-0.4, -0.2) is 37.7 Å². The topological polar surface area (TPSA) is 38.3 Å². The van der Waals surface area contributed by atoms with Gasteiger partial charge in [0.25, 0.3) is 0 Å². The van der Waals surface area contributed by atoms with Gasteiger partial charge in [0.15, 0.2) is 0 Å². The van der Waals surface area contributed by atoms with E-state index in [4.69, 9.17) is 4.74 Å². The monoisotopic (exact) mass is 231 g/mol. The standard InChI is InChI=1S/C11H21NO2S/c1-12-10(11(13)14-2)8-15-7-9-5-3-4-6-9/h9-10,12H,3-8H2,1-2H3. The van der Waals surface area contributed by atoms with Crippen LogP contribution in [0.1, 0.15) is 25.7 Å². The van der Waals surface area contributed by atoms with E-state index in [0.29, 0.717) is 0 Å². The highest BCUT2D eigenvalue weighted by atomic mass is 32.2. The number of carbonyl (C=O) groups is 1. The first kappa shape index (κ1) is 12.8. The molecule has 0 aromatic carbocycles. The minimum absolute atomic E-state index is 0.151. The molecule has 88 valence electrons. The summed E-state index contributed by atoms with van der Waals surface area (Å²) in [7, 11) is 3.24. The zero-order chi connectivity index (χ0) is 11.1. The number of likely N-dealkylation sites (N-methyl/N-ethyl adjacent to an activating group) is 1. The molecule has 3 nitrogen and oxygen atoms in total. The molecule has 0 aromatic heterocycles. The Morgan fingerprint density at radius 2 is 2.20 bits per heavy atom. The third-order valence-corrected chi connectivity index (χ3v) is 4.22. The lowest BCUT2D eigenvalue weighted by molar-refractivity contribution is -0.142. The van der Waals surface area contributed by atoms with Crippen molar-refractivity contribution in [3.05, 3.63) is 0 Å². The van der Waals surface area contributed by atoms with Gasteiger partial charge in [0.1, 0.15) is 6.04 Å². The summed E-state index contributed by atoms with van der Waals surface area (Å²) < 4.78 is 4.71. The van der Waals surface area contributed by atoms with Gasteiger partial charge in [0, 0.05) is 5.75 Å². The molecular weight excluding hydrogens is 210 g/mol. The van der Waals surface area contributed by atoms with Gasteiger partial charge in [-0.25, -0.2) is 0 Å². The minimum Gasteiger partial charge on any atom is -0.468 e. The summed E-state index contributed by atoms with van der Waals surface area (Å²) in [4.78, 5) is 11.3. The average Bonchev–Trinajstić information content (AvgIpc) is 2.76. The number of esters is 1. The molecule has 0 heterocycles. The smallest absolute Gasteiger partial charge is 0.323 e. The van der Waals surface area contributed by atoms with Crippen LogP contribution >= 0.6 is 11.8 Å². The highest BCUT2D eigenvalue weighted by molar-refractivity contribution is 7.99. The fraction of sp³-hybridized carbons (Fsp3) is 0.909. The zero-order valence-electron chi connectivity index (χ0n) is 9.62. The summed E-state index contributed by atoms with van der Waals surface area (Å²) >= 11 is 1.86. The van der Waals surface area contributed by atoms with Gasteiger partial charge >= 0.3 is 5.97 Å². The first-order valence-electron chi connectivity index (χ1n) is 5.60. The summed E-state index contributed by atoms with van der Waals surface area (Å²) in [6.07, 6.45) is 5.51. The van der Waals surface area contributed by atoms with Gasteiger partial charge < -0.3 is 10.1 Å². The summed E-state index contributed by atoms with van der Waals surface area (Å²) in [5, 5.41) is 2.98.